The van der Waals surface area contributed by atoms with Gasteiger partial charge in [-0.05, 0) is 37.6 Å². The van der Waals surface area contributed by atoms with Gasteiger partial charge in [-0.15, -0.1) is 0 Å². The highest BCUT2D eigenvalue weighted by molar-refractivity contribution is 9.10. The van der Waals surface area contributed by atoms with Crippen LogP contribution in [0.5, 0.6) is 0 Å². The van der Waals surface area contributed by atoms with Crippen LogP contribution in [0.2, 0.25) is 0 Å². The maximum absolute atomic E-state index is 12.3. The molecule has 3 nitrogen and oxygen atoms in total. The SMILES string of the molecule is O=S(=O)(c1cccc(Br)c1)C1CCCNC1. The number of benzene rings is 1. The third-order valence-corrected chi connectivity index (χ3v) is 5.50. The molecule has 1 aromatic rings. The van der Waals surface area contributed by atoms with Gasteiger partial charge >= 0.3 is 0 Å². The molecule has 0 radical (unpaired) electrons. The van der Waals surface area contributed by atoms with Crippen molar-refractivity contribution in [2.75, 3.05) is 13.1 Å². The standard InChI is InChI=1S/C11H14BrNO2S/c12-9-3-1-4-10(7-9)16(14,15)11-5-2-6-13-8-11/h1,3-4,7,11,13H,2,5-6,8H2. The Morgan fingerprint density at radius 1 is 1.38 bits per heavy atom. The summed E-state index contributed by atoms with van der Waals surface area (Å²) in [5, 5.41) is 2.85. The molecule has 1 atom stereocenters. The molecule has 1 heterocycles. The number of nitrogens with one attached hydrogen (secondary N) is 1. The van der Waals surface area contributed by atoms with Gasteiger partial charge < -0.3 is 5.32 Å². The molecular formula is C11H14BrNO2S. The Bertz CT molecular complexity index is 467. The van der Waals surface area contributed by atoms with Crippen LogP contribution in [0.1, 0.15) is 12.8 Å². The maximum atomic E-state index is 12.3. The first kappa shape index (κ1) is 12.1. The predicted molar refractivity (Wildman–Crippen MR) is 67.2 cm³/mol. The highest BCUT2D eigenvalue weighted by atomic mass is 79.9. The van der Waals surface area contributed by atoms with Crippen LogP contribution >= 0.6 is 15.9 Å². The monoisotopic (exact) mass is 303 g/mol. The van der Waals surface area contributed by atoms with Crippen LogP contribution in [-0.4, -0.2) is 26.8 Å². The van der Waals surface area contributed by atoms with Crippen LogP contribution in [0.15, 0.2) is 33.6 Å². The van der Waals surface area contributed by atoms with E-state index >= 15 is 0 Å². The van der Waals surface area contributed by atoms with Gasteiger partial charge in [-0.3, -0.25) is 0 Å². The van der Waals surface area contributed by atoms with E-state index in [2.05, 4.69) is 21.2 Å². The van der Waals surface area contributed by atoms with Gasteiger partial charge in [-0.2, -0.15) is 0 Å². The Hall–Kier alpha value is -0.390. The summed E-state index contributed by atoms with van der Waals surface area (Å²) in [6, 6.07) is 6.92. The van der Waals surface area contributed by atoms with Crippen molar-refractivity contribution in [3.63, 3.8) is 0 Å². The summed E-state index contributed by atoms with van der Waals surface area (Å²) in [7, 11) is -3.18. The van der Waals surface area contributed by atoms with E-state index in [9.17, 15) is 8.42 Å². The maximum Gasteiger partial charge on any atom is 0.182 e. The molecule has 5 heteroatoms. The second-order valence-electron chi connectivity index (χ2n) is 3.97. The van der Waals surface area contributed by atoms with Crippen molar-refractivity contribution in [3.05, 3.63) is 28.7 Å². The zero-order valence-electron chi connectivity index (χ0n) is 8.82. The topological polar surface area (TPSA) is 46.2 Å². The van der Waals surface area contributed by atoms with Crippen LogP contribution in [0.4, 0.5) is 0 Å². The lowest BCUT2D eigenvalue weighted by Crippen LogP contribution is -2.38. The highest BCUT2D eigenvalue weighted by Crippen LogP contribution is 2.23. The lowest BCUT2D eigenvalue weighted by molar-refractivity contribution is 0.497. The Balaban J connectivity index is 2.30. The number of rotatable bonds is 2. The average Bonchev–Trinajstić information content (AvgIpc) is 2.30. The predicted octanol–water partition coefficient (Wildman–Crippen LogP) is 1.97. The molecule has 0 bridgehead atoms. The van der Waals surface area contributed by atoms with Gasteiger partial charge in [-0.1, -0.05) is 22.0 Å². The van der Waals surface area contributed by atoms with E-state index in [4.69, 9.17) is 0 Å². The minimum absolute atomic E-state index is 0.282. The molecule has 1 fully saturated rings. The fourth-order valence-electron chi connectivity index (χ4n) is 1.92. The minimum atomic E-state index is -3.18. The van der Waals surface area contributed by atoms with E-state index in [1.54, 1.807) is 18.2 Å². The van der Waals surface area contributed by atoms with E-state index in [1.807, 2.05) is 6.07 Å². The molecule has 2 rings (SSSR count). The number of hydrogen-bond acceptors (Lipinski definition) is 3. The summed E-state index contributed by atoms with van der Waals surface area (Å²) >= 11 is 3.30. The third-order valence-electron chi connectivity index (χ3n) is 2.82. The molecule has 1 aromatic carbocycles. The Kier molecular flexibility index (Phi) is 3.66. The normalized spacial score (nSPS) is 21.9. The van der Waals surface area contributed by atoms with Crippen molar-refractivity contribution in [3.8, 4) is 0 Å². The molecule has 0 saturated carbocycles. The van der Waals surface area contributed by atoms with Gasteiger partial charge in [0.05, 0.1) is 10.1 Å². The Morgan fingerprint density at radius 3 is 2.81 bits per heavy atom. The minimum Gasteiger partial charge on any atom is -0.315 e. The van der Waals surface area contributed by atoms with E-state index in [-0.39, 0.29) is 5.25 Å². The van der Waals surface area contributed by atoms with E-state index in [0.29, 0.717) is 11.4 Å². The molecule has 1 unspecified atom stereocenters. The van der Waals surface area contributed by atoms with Crippen molar-refractivity contribution < 1.29 is 8.42 Å². The zero-order chi connectivity index (χ0) is 11.6. The Morgan fingerprint density at radius 2 is 2.19 bits per heavy atom. The van der Waals surface area contributed by atoms with Gasteiger partial charge in [0.15, 0.2) is 9.84 Å². The molecular weight excluding hydrogens is 290 g/mol. The lowest BCUT2D eigenvalue weighted by atomic mass is 10.2. The first-order valence-electron chi connectivity index (χ1n) is 5.31. The first-order valence-corrected chi connectivity index (χ1v) is 7.65. The van der Waals surface area contributed by atoms with Crippen LogP contribution in [0.3, 0.4) is 0 Å². The number of hydrogen-bond donors (Lipinski definition) is 1. The smallest absolute Gasteiger partial charge is 0.182 e. The molecule has 1 saturated heterocycles. The summed E-state index contributed by atoms with van der Waals surface area (Å²) in [6.45, 7) is 1.49. The lowest BCUT2D eigenvalue weighted by Gasteiger charge is -2.22. The number of halogens is 1. The number of piperidine rings is 1. The summed E-state index contributed by atoms with van der Waals surface area (Å²) in [6.07, 6.45) is 1.68. The van der Waals surface area contributed by atoms with Gasteiger partial charge in [-0.25, -0.2) is 8.42 Å². The van der Waals surface area contributed by atoms with Crippen LogP contribution in [0, 0.1) is 0 Å². The van der Waals surface area contributed by atoms with Crippen LogP contribution in [0.25, 0.3) is 0 Å². The summed E-state index contributed by atoms with van der Waals surface area (Å²) < 4.78 is 25.4. The summed E-state index contributed by atoms with van der Waals surface area (Å²) in [4.78, 5) is 0.413. The fraction of sp³-hybridized carbons (Fsp3) is 0.455. The molecule has 16 heavy (non-hydrogen) atoms. The summed E-state index contributed by atoms with van der Waals surface area (Å²) in [5.74, 6) is 0. The quantitative estimate of drug-likeness (QED) is 0.909. The molecule has 0 aromatic heterocycles. The molecule has 0 amide bonds. The third kappa shape index (κ3) is 2.47. The van der Waals surface area contributed by atoms with Crippen LogP contribution in [-0.2, 0) is 9.84 Å². The van der Waals surface area contributed by atoms with Gasteiger partial charge in [0.2, 0.25) is 0 Å². The summed E-state index contributed by atoms with van der Waals surface area (Å²) in [5.41, 5.74) is 0. The molecule has 1 aliphatic rings. The van der Waals surface area contributed by atoms with Crippen molar-refractivity contribution in [2.24, 2.45) is 0 Å². The van der Waals surface area contributed by atoms with Crippen molar-refractivity contribution in [1.82, 2.24) is 5.32 Å². The second kappa shape index (κ2) is 4.85. The average molecular weight is 304 g/mol. The van der Waals surface area contributed by atoms with E-state index in [1.165, 1.54) is 0 Å². The first-order chi connectivity index (χ1) is 7.60. The van der Waals surface area contributed by atoms with Gasteiger partial charge in [0.25, 0.3) is 0 Å². The van der Waals surface area contributed by atoms with Crippen LogP contribution < -0.4 is 5.32 Å². The highest BCUT2D eigenvalue weighted by Gasteiger charge is 2.28. The molecule has 1 aliphatic heterocycles. The zero-order valence-corrected chi connectivity index (χ0v) is 11.2. The molecule has 1 N–H and O–H groups in total. The van der Waals surface area contributed by atoms with Crippen molar-refractivity contribution in [2.45, 2.75) is 23.0 Å². The fourth-order valence-corrected chi connectivity index (χ4v) is 4.23. The van der Waals surface area contributed by atoms with Crippen molar-refractivity contribution >= 4 is 25.8 Å². The molecule has 88 valence electrons. The molecule has 0 spiro atoms. The van der Waals surface area contributed by atoms with Gasteiger partial charge in [0.1, 0.15) is 0 Å². The Labute approximate surface area is 104 Å². The van der Waals surface area contributed by atoms with Crippen molar-refractivity contribution in [1.29, 1.82) is 0 Å². The largest absolute Gasteiger partial charge is 0.315 e. The second-order valence-corrected chi connectivity index (χ2v) is 7.11. The molecule has 0 aliphatic carbocycles. The van der Waals surface area contributed by atoms with E-state index in [0.717, 1.165) is 23.9 Å². The van der Waals surface area contributed by atoms with E-state index < -0.39 is 9.84 Å². The number of sulfone groups is 1. The van der Waals surface area contributed by atoms with Gasteiger partial charge in [0, 0.05) is 11.0 Å².